The predicted octanol–water partition coefficient (Wildman–Crippen LogP) is 3.46. The Hall–Kier alpha value is -2.09. The summed E-state index contributed by atoms with van der Waals surface area (Å²) in [6, 6.07) is 15.7. The van der Waals surface area contributed by atoms with E-state index in [2.05, 4.69) is 5.32 Å². The largest absolute Gasteiger partial charge is 0.388 e. The summed E-state index contributed by atoms with van der Waals surface area (Å²) in [6.45, 7) is 2.00. The van der Waals surface area contributed by atoms with Gasteiger partial charge < -0.3 is 5.32 Å². The summed E-state index contributed by atoms with van der Waals surface area (Å²) < 4.78 is 0. The highest BCUT2D eigenvalue weighted by atomic mass is 16.1. The van der Waals surface area contributed by atoms with Gasteiger partial charge in [0.1, 0.15) is 0 Å². The Kier molecular flexibility index (Phi) is 3.78. The number of ketones is 1. The molecule has 0 atom stereocenters. The molecular formula is C16H17NO. The Morgan fingerprint density at radius 1 is 1.11 bits per heavy atom. The Morgan fingerprint density at radius 3 is 2.50 bits per heavy atom. The summed E-state index contributed by atoms with van der Waals surface area (Å²) in [4.78, 5) is 12.3. The van der Waals surface area contributed by atoms with Gasteiger partial charge in [-0.2, -0.15) is 0 Å². The highest BCUT2D eigenvalue weighted by Gasteiger charge is 2.11. The first-order valence-electron chi connectivity index (χ1n) is 6.06. The third-order valence-corrected chi connectivity index (χ3v) is 2.95. The second-order valence-electron chi connectivity index (χ2n) is 4.38. The summed E-state index contributed by atoms with van der Waals surface area (Å²) in [5.41, 5.74) is 3.80. The Bertz CT molecular complexity index is 546. The average molecular weight is 239 g/mol. The molecule has 2 aromatic carbocycles. The number of anilines is 1. The van der Waals surface area contributed by atoms with E-state index in [4.69, 9.17) is 0 Å². The maximum atomic E-state index is 12.3. The van der Waals surface area contributed by atoms with Crippen molar-refractivity contribution in [1.29, 1.82) is 0 Å². The summed E-state index contributed by atoms with van der Waals surface area (Å²) in [7, 11) is 1.84. The van der Waals surface area contributed by atoms with Gasteiger partial charge in [0.15, 0.2) is 5.78 Å². The fourth-order valence-electron chi connectivity index (χ4n) is 1.98. The number of nitrogens with one attached hydrogen (secondary N) is 1. The molecule has 0 aliphatic rings. The molecule has 2 aromatic rings. The second-order valence-corrected chi connectivity index (χ2v) is 4.38. The number of carbonyl (C=O) groups is 1. The van der Waals surface area contributed by atoms with Crippen molar-refractivity contribution in [2.45, 2.75) is 13.3 Å². The van der Waals surface area contributed by atoms with Crippen LogP contribution in [0.4, 0.5) is 5.69 Å². The first kappa shape index (κ1) is 12.4. The van der Waals surface area contributed by atoms with Gasteiger partial charge in [0.05, 0.1) is 0 Å². The zero-order chi connectivity index (χ0) is 13.0. The quantitative estimate of drug-likeness (QED) is 0.828. The minimum absolute atomic E-state index is 0.147. The summed E-state index contributed by atoms with van der Waals surface area (Å²) in [5.74, 6) is 0.147. The lowest BCUT2D eigenvalue weighted by Crippen LogP contribution is -2.07. The van der Waals surface area contributed by atoms with Gasteiger partial charge in [-0.3, -0.25) is 4.79 Å². The van der Waals surface area contributed by atoms with E-state index in [-0.39, 0.29) is 5.78 Å². The molecule has 0 unspecified atom stereocenters. The standard InChI is InChI=1S/C16H17NO/c1-12-8-9-15(17-2)14(10-12)16(18)11-13-6-4-3-5-7-13/h3-10,17H,11H2,1-2H3. The highest BCUT2D eigenvalue weighted by Crippen LogP contribution is 2.19. The molecule has 0 aliphatic heterocycles. The molecule has 0 heterocycles. The number of hydrogen-bond donors (Lipinski definition) is 1. The first-order valence-corrected chi connectivity index (χ1v) is 6.06. The van der Waals surface area contributed by atoms with E-state index in [1.807, 2.05) is 62.5 Å². The molecular weight excluding hydrogens is 222 g/mol. The van der Waals surface area contributed by atoms with Crippen LogP contribution in [0.5, 0.6) is 0 Å². The predicted molar refractivity (Wildman–Crippen MR) is 75.2 cm³/mol. The van der Waals surface area contributed by atoms with Gasteiger partial charge in [0.2, 0.25) is 0 Å². The van der Waals surface area contributed by atoms with E-state index >= 15 is 0 Å². The van der Waals surface area contributed by atoms with E-state index in [1.54, 1.807) is 0 Å². The van der Waals surface area contributed by atoms with E-state index in [0.717, 1.165) is 22.4 Å². The average Bonchev–Trinajstić information content (AvgIpc) is 2.40. The molecule has 2 nitrogen and oxygen atoms in total. The molecule has 92 valence electrons. The molecule has 0 spiro atoms. The van der Waals surface area contributed by atoms with Crippen molar-refractivity contribution < 1.29 is 4.79 Å². The van der Waals surface area contributed by atoms with Gasteiger partial charge in [0, 0.05) is 24.7 Å². The van der Waals surface area contributed by atoms with Crippen molar-refractivity contribution in [3.05, 3.63) is 65.2 Å². The minimum atomic E-state index is 0.147. The number of benzene rings is 2. The van der Waals surface area contributed by atoms with Crippen LogP contribution in [0.2, 0.25) is 0 Å². The van der Waals surface area contributed by atoms with Gasteiger partial charge >= 0.3 is 0 Å². The fourth-order valence-corrected chi connectivity index (χ4v) is 1.98. The van der Waals surface area contributed by atoms with Crippen LogP contribution >= 0.6 is 0 Å². The van der Waals surface area contributed by atoms with Gasteiger partial charge in [-0.15, -0.1) is 0 Å². The van der Waals surface area contributed by atoms with Crippen LogP contribution in [0.3, 0.4) is 0 Å². The maximum Gasteiger partial charge on any atom is 0.169 e. The number of carbonyl (C=O) groups excluding carboxylic acids is 1. The monoisotopic (exact) mass is 239 g/mol. The molecule has 0 bridgehead atoms. The fraction of sp³-hybridized carbons (Fsp3) is 0.188. The van der Waals surface area contributed by atoms with Crippen molar-refractivity contribution in [2.75, 3.05) is 12.4 Å². The van der Waals surface area contributed by atoms with E-state index in [0.29, 0.717) is 6.42 Å². The van der Waals surface area contributed by atoms with Crippen LogP contribution in [-0.4, -0.2) is 12.8 Å². The molecule has 2 heteroatoms. The molecule has 1 N–H and O–H groups in total. The second kappa shape index (κ2) is 5.50. The first-order chi connectivity index (χ1) is 8.70. The zero-order valence-electron chi connectivity index (χ0n) is 10.7. The molecule has 0 saturated heterocycles. The third kappa shape index (κ3) is 2.77. The van der Waals surface area contributed by atoms with Gasteiger partial charge in [-0.1, -0.05) is 42.0 Å². The minimum Gasteiger partial charge on any atom is -0.388 e. The van der Waals surface area contributed by atoms with Crippen molar-refractivity contribution in [3.63, 3.8) is 0 Å². The lowest BCUT2D eigenvalue weighted by molar-refractivity contribution is 0.0993. The van der Waals surface area contributed by atoms with Crippen LogP contribution in [0.25, 0.3) is 0 Å². The molecule has 2 rings (SSSR count). The Labute approximate surface area is 108 Å². The Morgan fingerprint density at radius 2 is 1.83 bits per heavy atom. The maximum absolute atomic E-state index is 12.3. The molecule has 0 aromatic heterocycles. The topological polar surface area (TPSA) is 29.1 Å². The molecule has 18 heavy (non-hydrogen) atoms. The molecule has 0 radical (unpaired) electrons. The highest BCUT2D eigenvalue weighted by molar-refractivity contribution is 6.02. The van der Waals surface area contributed by atoms with Crippen LogP contribution < -0.4 is 5.32 Å². The number of hydrogen-bond acceptors (Lipinski definition) is 2. The summed E-state index contributed by atoms with van der Waals surface area (Å²) in [6.07, 6.45) is 0.443. The van der Waals surface area contributed by atoms with Crippen molar-refractivity contribution >= 4 is 11.5 Å². The SMILES string of the molecule is CNc1ccc(C)cc1C(=O)Cc1ccccc1. The number of rotatable bonds is 4. The van der Waals surface area contributed by atoms with Crippen LogP contribution in [0.15, 0.2) is 48.5 Å². The normalized spacial score (nSPS) is 10.1. The molecule has 0 fully saturated rings. The van der Waals surface area contributed by atoms with Crippen molar-refractivity contribution in [3.8, 4) is 0 Å². The third-order valence-electron chi connectivity index (χ3n) is 2.95. The van der Waals surface area contributed by atoms with Gasteiger partial charge in [-0.05, 0) is 24.6 Å². The van der Waals surface area contributed by atoms with Crippen molar-refractivity contribution in [2.24, 2.45) is 0 Å². The molecule has 0 amide bonds. The lowest BCUT2D eigenvalue weighted by Gasteiger charge is -2.09. The van der Waals surface area contributed by atoms with Crippen LogP contribution in [0.1, 0.15) is 21.5 Å². The smallest absolute Gasteiger partial charge is 0.169 e. The van der Waals surface area contributed by atoms with Crippen LogP contribution in [-0.2, 0) is 6.42 Å². The summed E-state index contributed by atoms with van der Waals surface area (Å²) in [5, 5.41) is 3.07. The molecule has 0 saturated carbocycles. The lowest BCUT2D eigenvalue weighted by atomic mass is 10.00. The summed E-state index contributed by atoms with van der Waals surface area (Å²) >= 11 is 0. The van der Waals surface area contributed by atoms with Gasteiger partial charge in [-0.25, -0.2) is 0 Å². The van der Waals surface area contributed by atoms with Crippen LogP contribution in [0, 0.1) is 6.92 Å². The van der Waals surface area contributed by atoms with Crippen molar-refractivity contribution in [1.82, 2.24) is 0 Å². The zero-order valence-corrected chi connectivity index (χ0v) is 10.7. The van der Waals surface area contributed by atoms with E-state index in [9.17, 15) is 4.79 Å². The number of aryl methyl sites for hydroxylation is 1. The molecule has 0 aliphatic carbocycles. The number of Topliss-reactive ketones (excluding diaryl/α,β-unsaturated/α-hetero) is 1. The Balaban J connectivity index is 2.26. The van der Waals surface area contributed by atoms with E-state index in [1.165, 1.54) is 0 Å². The van der Waals surface area contributed by atoms with E-state index < -0.39 is 0 Å². The van der Waals surface area contributed by atoms with Gasteiger partial charge in [0.25, 0.3) is 0 Å².